The Morgan fingerprint density at radius 3 is 2.57 bits per heavy atom. The Morgan fingerprint density at radius 2 is 1.83 bits per heavy atom. The Morgan fingerprint density at radius 1 is 1.10 bits per heavy atom. The number of nitrogens with zero attached hydrogens (tertiary/aromatic N) is 3. The summed E-state index contributed by atoms with van der Waals surface area (Å²) in [5.41, 5.74) is 1.46. The molecule has 1 amide bonds. The number of rotatable bonds is 5. The molecule has 0 spiro atoms. The van der Waals surface area contributed by atoms with Crippen molar-refractivity contribution in [2.75, 3.05) is 36.5 Å². The SMILES string of the molecule is Cc1cc(NC(=O)c2ccc(Oc3nccnc3N3CCOCC3)cc2)ccc1F. The molecule has 0 aliphatic carbocycles. The third kappa shape index (κ3) is 4.55. The number of anilines is 2. The Labute approximate surface area is 173 Å². The fourth-order valence-electron chi connectivity index (χ4n) is 3.09. The van der Waals surface area contributed by atoms with Gasteiger partial charge in [0, 0.05) is 36.7 Å². The monoisotopic (exact) mass is 408 g/mol. The molecule has 7 nitrogen and oxygen atoms in total. The lowest BCUT2D eigenvalue weighted by Gasteiger charge is -2.28. The van der Waals surface area contributed by atoms with E-state index in [9.17, 15) is 9.18 Å². The Bertz CT molecular complexity index is 1040. The number of nitrogens with one attached hydrogen (secondary N) is 1. The number of ether oxygens (including phenoxy) is 2. The van der Waals surface area contributed by atoms with Crippen LogP contribution in [-0.4, -0.2) is 42.2 Å². The number of carbonyl (C=O) groups excluding carboxylic acids is 1. The summed E-state index contributed by atoms with van der Waals surface area (Å²) in [5.74, 6) is 1.00. The van der Waals surface area contributed by atoms with Crippen LogP contribution in [0, 0.1) is 12.7 Å². The van der Waals surface area contributed by atoms with E-state index < -0.39 is 0 Å². The van der Waals surface area contributed by atoms with Gasteiger partial charge in [0.25, 0.3) is 11.8 Å². The van der Waals surface area contributed by atoms with E-state index in [4.69, 9.17) is 9.47 Å². The van der Waals surface area contributed by atoms with Gasteiger partial charge in [0.2, 0.25) is 0 Å². The van der Waals surface area contributed by atoms with Crippen molar-refractivity contribution in [3.63, 3.8) is 0 Å². The van der Waals surface area contributed by atoms with Gasteiger partial charge < -0.3 is 19.7 Å². The third-order valence-corrected chi connectivity index (χ3v) is 4.70. The quantitative estimate of drug-likeness (QED) is 0.692. The number of hydrogen-bond donors (Lipinski definition) is 1. The van der Waals surface area contributed by atoms with Crippen LogP contribution in [0.3, 0.4) is 0 Å². The number of carbonyl (C=O) groups is 1. The number of hydrogen-bond acceptors (Lipinski definition) is 6. The molecule has 3 aromatic rings. The number of morpholine rings is 1. The molecule has 0 radical (unpaired) electrons. The van der Waals surface area contributed by atoms with Crippen molar-refractivity contribution >= 4 is 17.4 Å². The van der Waals surface area contributed by atoms with Crippen LogP contribution in [0.25, 0.3) is 0 Å². The lowest BCUT2D eigenvalue weighted by atomic mass is 10.1. The van der Waals surface area contributed by atoms with Gasteiger partial charge in [-0.25, -0.2) is 14.4 Å². The molecule has 0 atom stereocenters. The van der Waals surface area contributed by atoms with E-state index in [1.54, 1.807) is 49.6 Å². The molecule has 1 fully saturated rings. The number of aryl methyl sites for hydroxylation is 1. The van der Waals surface area contributed by atoms with Crippen LogP contribution < -0.4 is 15.0 Å². The van der Waals surface area contributed by atoms with Crippen LogP contribution >= 0.6 is 0 Å². The van der Waals surface area contributed by atoms with E-state index in [1.165, 1.54) is 12.1 Å². The van der Waals surface area contributed by atoms with Crippen LogP contribution in [0.2, 0.25) is 0 Å². The van der Waals surface area contributed by atoms with Gasteiger partial charge in [-0.1, -0.05) is 0 Å². The second-order valence-corrected chi connectivity index (χ2v) is 6.83. The lowest BCUT2D eigenvalue weighted by molar-refractivity contribution is 0.102. The van der Waals surface area contributed by atoms with Gasteiger partial charge >= 0.3 is 0 Å². The molecule has 1 aliphatic heterocycles. The molecule has 4 rings (SSSR count). The largest absolute Gasteiger partial charge is 0.436 e. The number of halogens is 1. The van der Waals surface area contributed by atoms with Crippen molar-refractivity contribution < 1.29 is 18.7 Å². The molecule has 0 unspecified atom stereocenters. The van der Waals surface area contributed by atoms with E-state index in [1.807, 2.05) is 0 Å². The molecule has 1 N–H and O–H groups in total. The average molecular weight is 408 g/mol. The van der Waals surface area contributed by atoms with Crippen LogP contribution in [0.1, 0.15) is 15.9 Å². The first-order valence-corrected chi connectivity index (χ1v) is 9.59. The molecule has 1 saturated heterocycles. The number of benzene rings is 2. The maximum absolute atomic E-state index is 13.4. The summed E-state index contributed by atoms with van der Waals surface area (Å²) in [5, 5.41) is 2.76. The number of amides is 1. The van der Waals surface area contributed by atoms with Gasteiger partial charge in [0.05, 0.1) is 13.2 Å². The van der Waals surface area contributed by atoms with Crippen molar-refractivity contribution in [2.24, 2.45) is 0 Å². The fourth-order valence-corrected chi connectivity index (χ4v) is 3.09. The van der Waals surface area contributed by atoms with Crippen LogP contribution in [0.5, 0.6) is 11.6 Å². The first-order valence-electron chi connectivity index (χ1n) is 9.59. The minimum Gasteiger partial charge on any atom is -0.436 e. The second-order valence-electron chi connectivity index (χ2n) is 6.83. The standard InChI is InChI=1S/C22H21FN4O3/c1-15-14-17(4-7-19(15)23)26-21(28)16-2-5-18(6-3-16)30-22-20(24-8-9-25-22)27-10-12-29-13-11-27/h2-9,14H,10-13H2,1H3,(H,26,28). The molecule has 30 heavy (non-hydrogen) atoms. The van der Waals surface area contributed by atoms with Crippen molar-refractivity contribution in [2.45, 2.75) is 6.92 Å². The van der Waals surface area contributed by atoms with Crippen molar-refractivity contribution in [1.82, 2.24) is 9.97 Å². The summed E-state index contributed by atoms with van der Waals surface area (Å²) in [4.78, 5) is 23.2. The zero-order valence-corrected chi connectivity index (χ0v) is 16.5. The van der Waals surface area contributed by atoms with E-state index in [2.05, 4.69) is 20.2 Å². The Kier molecular flexibility index (Phi) is 5.85. The van der Waals surface area contributed by atoms with Gasteiger partial charge in [-0.05, 0) is 55.0 Å². The zero-order valence-electron chi connectivity index (χ0n) is 16.5. The normalized spacial score (nSPS) is 13.7. The average Bonchev–Trinajstić information content (AvgIpc) is 2.78. The summed E-state index contributed by atoms with van der Waals surface area (Å²) >= 11 is 0. The molecule has 1 aliphatic rings. The van der Waals surface area contributed by atoms with E-state index in [0.29, 0.717) is 47.5 Å². The molecule has 0 saturated carbocycles. The lowest BCUT2D eigenvalue weighted by Crippen LogP contribution is -2.37. The van der Waals surface area contributed by atoms with Crippen LogP contribution in [0.4, 0.5) is 15.9 Å². The summed E-state index contributed by atoms with van der Waals surface area (Å²) in [6.07, 6.45) is 3.20. The molecular formula is C22H21FN4O3. The van der Waals surface area contributed by atoms with Gasteiger partial charge in [0.15, 0.2) is 5.82 Å². The second kappa shape index (κ2) is 8.87. The summed E-state index contributed by atoms with van der Waals surface area (Å²) in [6.45, 7) is 4.35. The summed E-state index contributed by atoms with van der Waals surface area (Å²) < 4.78 is 24.7. The van der Waals surface area contributed by atoms with E-state index in [-0.39, 0.29) is 11.7 Å². The maximum atomic E-state index is 13.4. The highest BCUT2D eigenvalue weighted by molar-refractivity contribution is 6.04. The minimum atomic E-state index is -0.310. The molecule has 0 bridgehead atoms. The Hall–Kier alpha value is -3.52. The predicted molar refractivity (Wildman–Crippen MR) is 111 cm³/mol. The molecule has 2 heterocycles. The van der Waals surface area contributed by atoms with E-state index >= 15 is 0 Å². The van der Waals surface area contributed by atoms with Gasteiger partial charge in [-0.2, -0.15) is 0 Å². The Balaban J connectivity index is 1.45. The van der Waals surface area contributed by atoms with Gasteiger partial charge in [0.1, 0.15) is 11.6 Å². The van der Waals surface area contributed by atoms with Gasteiger partial charge in [-0.3, -0.25) is 4.79 Å². The maximum Gasteiger partial charge on any atom is 0.263 e. The third-order valence-electron chi connectivity index (χ3n) is 4.70. The molecule has 2 aromatic carbocycles. The number of aromatic nitrogens is 2. The van der Waals surface area contributed by atoms with Crippen molar-refractivity contribution in [1.29, 1.82) is 0 Å². The van der Waals surface area contributed by atoms with Crippen molar-refractivity contribution in [3.8, 4) is 11.6 Å². The highest BCUT2D eigenvalue weighted by Gasteiger charge is 2.18. The van der Waals surface area contributed by atoms with E-state index in [0.717, 1.165) is 13.1 Å². The first kappa shape index (κ1) is 19.8. The minimum absolute atomic E-state index is 0.291. The highest BCUT2D eigenvalue weighted by Crippen LogP contribution is 2.28. The molecule has 8 heteroatoms. The smallest absolute Gasteiger partial charge is 0.263 e. The predicted octanol–water partition coefficient (Wildman–Crippen LogP) is 3.81. The topological polar surface area (TPSA) is 76.6 Å². The van der Waals surface area contributed by atoms with Gasteiger partial charge in [-0.15, -0.1) is 0 Å². The molecule has 154 valence electrons. The summed E-state index contributed by atoms with van der Waals surface area (Å²) in [6, 6.07) is 11.2. The zero-order chi connectivity index (χ0) is 20.9. The highest BCUT2D eigenvalue weighted by atomic mass is 19.1. The fraction of sp³-hybridized carbons (Fsp3) is 0.227. The molecule has 1 aromatic heterocycles. The first-order chi connectivity index (χ1) is 14.6. The molecular weight excluding hydrogens is 387 g/mol. The van der Waals surface area contributed by atoms with Crippen LogP contribution in [0.15, 0.2) is 54.9 Å². The summed E-state index contributed by atoms with van der Waals surface area (Å²) in [7, 11) is 0. The van der Waals surface area contributed by atoms with Crippen LogP contribution in [-0.2, 0) is 4.74 Å². The van der Waals surface area contributed by atoms with Crippen molar-refractivity contribution in [3.05, 3.63) is 71.8 Å².